The van der Waals surface area contributed by atoms with Crippen LogP contribution in [0.2, 0.25) is 0 Å². The van der Waals surface area contributed by atoms with Crippen LogP contribution in [0, 0.1) is 5.92 Å². The Morgan fingerprint density at radius 3 is 2.46 bits per heavy atom. The molecule has 0 aliphatic heterocycles. The van der Waals surface area contributed by atoms with Gasteiger partial charge < -0.3 is 4.74 Å². The second-order valence-corrected chi connectivity index (χ2v) is 3.48. The average molecular weight is 182 g/mol. The van der Waals surface area contributed by atoms with Gasteiger partial charge in [-0.3, -0.25) is 0 Å². The molecule has 0 spiro atoms. The molecule has 1 atom stereocenters. The van der Waals surface area contributed by atoms with Crippen LogP contribution in [-0.2, 0) is 9.53 Å². The Kier molecular flexibility index (Phi) is 5.12. The van der Waals surface area contributed by atoms with E-state index < -0.39 is 0 Å². The first-order chi connectivity index (χ1) is 5.97. The van der Waals surface area contributed by atoms with Gasteiger partial charge in [0.05, 0.1) is 7.11 Å². The van der Waals surface area contributed by atoms with Gasteiger partial charge in [0.2, 0.25) is 0 Å². The van der Waals surface area contributed by atoms with Crippen molar-refractivity contribution in [1.29, 1.82) is 0 Å². The SMILES string of the molecule is C=C(C)CC(C)/C=C(/C)C(=O)OC. The zero-order valence-electron chi connectivity index (χ0n) is 8.89. The summed E-state index contributed by atoms with van der Waals surface area (Å²) in [5, 5.41) is 0. The number of esters is 1. The van der Waals surface area contributed by atoms with Crippen molar-refractivity contribution >= 4 is 5.97 Å². The van der Waals surface area contributed by atoms with Crippen molar-refractivity contribution in [3.8, 4) is 0 Å². The van der Waals surface area contributed by atoms with Crippen LogP contribution in [0.1, 0.15) is 27.2 Å². The molecule has 2 nitrogen and oxygen atoms in total. The van der Waals surface area contributed by atoms with Crippen molar-refractivity contribution in [3.63, 3.8) is 0 Å². The number of carbonyl (C=O) groups is 1. The van der Waals surface area contributed by atoms with Crippen molar-refractivity contribution in [3.05, 3.63) is 23.8 Å². The van der Waals surface area contributed by atoms with Crippen LogP contribution in [0.25, 0.3) is 0 Å². The van der Waals surface area contributed by atoms with Crippen LogP contribution in [-0.4, -0.2) is 13.1 Å². The number of ether oxygens (including phenoxy) is 1. The Morgan fingerprint density at radius 2 is 2.08 bits per heavy atom. The number of hydrogen-bond acceptors (Lipinski definition) is 2. The Bertz CT molecular complexity index is 226. The Balaban J connectivity index is 4.21. The quantitative estimate of drug-likeness (QED) is 0.379. The zero-order chi connectivity index (χ0) is 10.4. The van der Waals surface area contributed by atoms with Gasteiger partial charge in [-0.2, -0.15) is 0 Å². The minimum atomic E-state index is -0.256. The highest BCUT2D eigenvalue weighted by atomic mass is 16.5. The lowest BCUT2D eigenvalue weighted by molar-refractivity contribution is -0.136. The maximum atomic E-state index is 11.0. The summed E-state index contributed by atoms with van der Waals surface area (Å²) in [6.45, 7) is 9.63. The third-order valence-corrected chi connectivity index (χ3v) is 1.71. The van der Waals surface area contributed by atoms with Crippen LogP contribution in [0.15, 0.2) is 23.8 Å². The van der Waals surface area contributed by atoms with E-state index in [0.717, 1.165) is 12.0 Å². The van der Waals surface area contributed by atoms with Gasteiger partial charge in [-0.25, -0.2) is 4.79 Å². The first-order valence-electron chi connectivity index (χ1n) is 4.38. The molecule has 0 fully saturated rings. The molecule has 0 aromatic heterocycles. The van der Waals surface area contributed by atoms with Crippen LogP contribution in [0.3, 0.4) is 0 Å². The van der Waals surface area contributed by atoms with E-state index in [2.05, 4.69) is 18.2 Å². The maximum Gasteiger partial charge on any atom is 0.333 e. The molecular formula is C11H18O2. The number of allylic oxidation sites excluding steroid dienone is 2. The van der Waals surface area contributed by atoms with Crippen LogP contribution < -0.4 is 0 Å². The fraction of sp³-hybridized carbons (Fsp3) is 0.545. The van der Waals surface area contributed by atoms with E-state index in [9.17, 15) is 4.79 Å². The number of methoxy groups -OCH3 is 1. The first-order valence-corrected chi connectivity index (χ1v) is 4.38. The van der Waals surface area contributed by atoms with Crippen molar-refractivity contribution in [1.82, 2.24) is 0 Å². The summed E-state index contributed by atoms with van der Waals surface area (Å²) < 4.78 is 4.59. The summed E-state index contributed by atoms with van der Waals surface area (Å²) in [5.41, 5.74) is 1.79. The van der Waals surface area contributed by atoms with Gasteiger partial charge in [0.1, 0.15) is 0 Å². The third-order valence-electron chi connectivity index (χ3n) is 1.71. The monoisotopic (exact) mass is 182 g/mol. The Hall–Kier alpha value is -1.05. The lowest BCUT2D eigenvalue weighted by atomic mass is 10.0. The second kappa shape index (κ2) is 5.57. The lowest BCUT2D eigenvalue weighted by Gasteiger charge is -2.06. The van der Waals surface area contributed by atoms with Gasteiger partial charge in [0, 0.05) is 5.57 Å². The minimum absolute atomic E-state index is 0.256. The Morgan fingerprint density at radius 1 is 1.54 bits per heavy atom. The van der Waals surface area contributed by atoms with Gasteiger partial charge in [-0.15, -0.1) is 6.58 Å². The highest BCUT2D eigenvalue weighted by molar-refractivity contribution is 5.87. The molecule has 0 heterocycles. The molecule has 0 radical (unpaired) electrons. The molecule has 0 saturated heterocycles. The molecule has 0 N–H and O–H groups in total. The molecule has 0 amide bonds. The predicted molar refractivity (Wildman–Crippen MR) is 54.4 cm³/mol. The van der Waals surface area contributed by atoms with Gasteiger partial charge >= 0.3 is 5.97 Å². The van der Waals surface area contributed by atoms with E-state index in [-0.39, 0.29) is 5.97 Å². The van der Waals surface area contributed by atoms with Crippen LogP contribution in [0.5, 0.6) is 0 Å². The summed E-state index contributed by atoms with van der Waals surface area (Å²) in [7, 11) is 1.39. The second-order valence-electron chi connectivity index (χ2n) is 3.48. The van der Waals surface area contributed by atoms with E-state index in [0.29, 0.717) is 11.5 Å². The zero-order valence-corrected chi connectivity index (χ0v) is 8.89. The summed E-state index contributed by atoms with van der Waals surface area (Å²) in [4.78, 5) is 11.0. The van der Waals surface area contributed by atoms with Crippen molar-refractivity contribution < 1.29 is 9.53 Å². The number of carbonyl (C=O) groups excluding carboxylic acids is 1. The molecule has 0 bridgehead atoms. The lowest BCUT2D eigenvalue weighted by Crippen LogP contribution is -2.03. The van der Waals surface area contributed by atoms with Gasteiger partial charge in [0.25, 0.3) is 0 Å². The van der Waals surface area contributed by atoms with E-state index in [4.69, 9.17) is 0 Å². The fourth-order valence-electron chi connectivity index (χ4n) is 1.26. The summed E-state index contributed by atoms with van der Waals surface area (Å²) in [6.07, 6.45) is 2.83. The Labute approximate surface area is 80.3 Å². The fourth-order valence-corrected chi connectivity index (χ4v) is 1.26. The summed E-state index contributed by atoms with van der Waals surface area (Å²) in [5.74, 6) is 0.0881. The number of rotatable bonds is 4. The number of hydrogen-bond donors (Lipinski definition) is 0. The van der Waals surface area contributed by atoms with Crippen molar-refractivity contribution in [2.75, 3.05) is 7.11 Å². The van der Waals surface area contributed by atoms with E-state index in [1.165, 1.54) is 7.11 Å². The third kappa shape index (κ3) is 5.23. The molecule has 2 heteroatoms. The first kappa shape index (κ1) is 11.9. The van der Waals surface area contributed by atoms with E-state index in [1.807, 2.05) is 13.0 Å². The van der Waals surface area contributed by atoms with Gasteiger partial charge in [-0.1, -0.05) is 18.6 Å². The summed E-state index contributed by atoms with van der Waals surface area (Å²) >= 11 is 0. The smallest absolute Gasteiger partial charge is 0.333 e. The minimum Gasteiger partial charge on any atom is -0.466 e. The molecule has 1 unspecified atom stereocenters. The standard InChI is InChI=1S/C11H18O2/c1-8(2)6-9(3)7-10(4)11(12)13-5/h7,9H,1,6H2,2-5H3/b10-7-. The topological polar surface area (TPSA) is 26.3 Å². The molecular weight excluding hydrogens is 164 g/mol. The van der Waals surface area contributed by atoms with Crippen molar-refractivity contribution in [2.24, 2.45) is 5.92 Å². The molecule has 0 rings (SSSR count). The molecule has 0 aliphatic carbocycles. The highest BCUT2D eigenvalue weighted by Crippen LogP contribution is 2.12. The summed E-state index contributed by atoms with van der Waals surface area (Å²) in [6, 6.07) is 0. The molecule has 0 aromatic carbocycles. The van der Waals surface area contributed by atoms with Crippen LogP contribution >= 0.6 is 0 Å². The molecule has 0 saturated carbocycles. The van der Waals surface area contributed by atoms with Crippen molar-refractivity contribution in [2.45, 2.75) is 27.2 Å². The molecule has 0 aliphatic rings. The predicted octanol–water partition coefficient (Wildman–Crippen LogP) is 2.71. The average Bonchev–Trinajstić information content (AvgIpc) is 2.01. The molecule has 0 aromatic rings. The van der Waals surface area contributed by atoms with Crippen LogP contribution in [0.4, 0.5) is 0 Å². The largest absolute Gasteiger partial charge is 0.466 e. The van der Waals surface area contributed by atoms with Gasteiger partial charge in [-0.05, 0) is 26.2 Å². The van der Waals surface area contributed by atoms with E-state index in [1.54, 1.807) is 6.92 Å². The molecule has 74 valence electrons. The highest BCUT2D eigenvalue weighted by Gasteiger charge is 2.05. The van der Waals surface area contributed by atoms with E-state index >= 15 is 0 Å². The van der Waals surface area contributed by atoms with Gasteiger partial charge in [0.15, 0.2) is 0 Å². The maximum absolute atomic E-state index is 11.0. The molecule has 13 heavy (non-hydrogen) atoms. The normalized spacial score (nSPS) is 13.7.